The monoisotopic (exact) mass is 403 g/mol. The van der Waals surface area contributed by atoms with Crippen LogP contribution in [0.3, 0.4) is 0 Å². The van der Waals surface area contributed by atoms with Crippen molar-refractivity contribution in [2.75, 3.05) is 26.2 Å². The van der Waals surface area contributed by atoms with Crippen LogP contribution in [0.15, 0.2) is 48.8 Å². The van der Waals surface area contributed by atoms with Crippen LogP contribution in [-0.2, 0) is 4.79 Å². The van der Waals surface area contributed by atoms with Crippen LogP contribution < -0.4 is 5.73 Å². The van der Waals surface area contributed by atoms with Gasteiger partial charge in [0.15, 0.2) is 0 Å². The molecule has 7 nitrogen and oxygen atoms in total. The molecule has 2 aliphatic rings. The molecule has 0 atom stereocenters. The molecule has 3 N–H and O–H groups in total. The van der Waals surface area contributed by atoms with Crippen molar-refractivity contribution in [3.05, 3.63) is 54.4 Å². The summed E-state index contributed by atoms with van der Waals surface area (Å²) in [4.78, 5) is 36.5. The lowest BCUT2D eigenvalue weighted by Gasteiger charge is -2.43. The van der Waals surface area contributed by atoms with Crippen molar-refractivity contribution in [1.82, 2.24) is 19.8 Å². The number of aromatic amines is 1. The molecule has 1 saturated heterocycles. The lowest BCUT2D eigenvalue weighted by molar-refractivity contribution is -0.141. The standard InChI is InChI=1S/C23H25N5O2/c24-23(8-1-9-23)22(30)28-12-10-27(11-13-28)21(29)17-4-2-16(3-5-17)18-6-7-19-20(14-18)26-15-25-19/h2-7,14-15H,1,8-13,24H2,(H,25,26). The van der Waals surface area contributed by atoms with Gasteiger partial charge in [0.05, 0.1) is 22.9 Å². The Morgan fingerprint density at radius 3 is 2.27 bits per heavy atom. The average molecular weight is 403 g/mol. The molecule has 0 bridgehead atoms. The third-order valence-electron chi connectivity index (χ3n) is 6.41. The molecule has 7 heteroatoms. The van der Waals surface area contributed by atoms with Crippen molar-refractivity contribution in [1.29, 1.82) is 0 Å². The molecule has 3 aromatic rings. The van der Waals surface area contributed by atoms with E-state index >= 15 is 0 Å². The van der Waals surface area contributed by atoms with Gasteiger partial charge < -0.3 is 20.5 Å². The zero-order valence-corrected chi connectivity index (χ0v) is 16.8. The van der Waals surface area contributed by atoms with Gasteiger partial charge in [-0.2, -0.15) is 0 Å². The summed E-state index contributed by atoms with van der Waals surface area (Å²) >= 11 is 0. The van der Waals surface area contributed by atoms with Crippen molar-refractivity contribution >= 4 is 22.8 Å². The lowest BCUT2D eigenvalue weighted by atomic mass is 9.76. The minimum Gasteiger partial charge on any atom is -0.345 e. The molecule has 5 rings (SSSR count). The largest absolute Gasteiger partial charge is 0.345 e. The summed E-state index contributed by atoms with van der Waals surface area (Å²) in [6, 6.07) is 13.8. The minimum absolute atomic E-state index is 0.00232. The predicted octanol–water partition coefficient (Wildman–Crippen LogP) is 2.40. The Morgan fingerprint density at radius 2 is 1.60 bits per heavy atom. The molecule has 1 aromatic heterocycles. The van der Waals surface area contributed by atoms with E-state index in [2.05, 4.69) is 9.97 Å². The topological polar surface area (TPSA) is 95.3 Å². The predicted molar refractivity (Wildman–Crippen MR) is 115 cm³/mol. The summed E-state index contributed by atoms with van der Waals surface area (Å²) in [5.74, 6) is 0.0431. The molecule has 2 fully saturated rings. The third kappa shape index (κ3) is 3.25. The Morgan fingerprint density at radius 1 is 0.933 bits per heavy atom. The summed E-state index contributed by atoms with van der Waals surface area (Å²) in [5.41, 5.74) is 10.2. The maximum Gasteiger partial charge on any atom is 0.253 e. The fraction of sp³-hybridized carbons (Fsp3) is 0.348. The molecule has 1 saturated carbocycles. The van der Waals surface area contributed by atoms with Crippen LogP contribution in [0.1, 0.15) is 29.6 Å². The Labute approximate surface area is 174 Å². The molecular formula is C23H25N5O2. The molecule has 0 spiro atoms. The van der Waals surface area contributed by atoms with E-state index < -0.39 is 5.54 Å². The summed E-state index contributed by atoms with van der Waals surface area (Å²) in [7, 11) is 0. The van der Waals surface area contributed by atoms with Gasteiger partial charge in [-0.15, -0.1) is 0 Å². The quantitative estimate of drug-likeness (QED) is 0.702. The number of amides is 2. The number of piperazine rings is 1. The molecular weight excluding hydrogens is 378 g/mol. The van der Waals surface area contributed by atoms with E-state index in [1.807, 2.05) is 52.3 Å². The summed E-state index contributed by atoms with van der Waals surface area (Å²) in [6.07, 6.45) is 4.24. The average Bonchev–Trinajstić information content (AvgIpc) is 3.24. The molecule has 2 heterocycles. The first-order chi connectivity index (χ1) is 14.5. The summed E-state index contributed by atoms with van der Waals surface area (Å²) in [6.45, 7) is 2.17. The van der Waals surface area contributed by atoms with Crippen LogP contribution in [-0.4, -0.2) is 63.3 Å². The van der Waals surface area contributed by atoms with Crippen molar-refractivity contribution < 1.29 is 9.59 Å². The fourth-order valence-corrected chi connectivity index (χ4v) is 4.30. The van der Waals surface area contributed by atoms with E-state index in [9.17, 15) is 9.59 Å². The van der Waals surface area contributed by atoms with E-state index in [0.717, 1.165) is 41.4 Å². The van der Waals surface area contributed by atoms with Gasteiger partial charge in [-0.1, -0.05) is 18.2 Å². The Hall–Kier alpha value is -3.19. The highest BCUT2D eigenvalue weighted by Crippen LogP contribution is 2.31. The van der Waals surface area contributed by atoms with Gasteiger partial charge in [0.25, 0.3) is 5.91 Å². The van der Waals surface area contributed by atoms with Gasteiger partial charge in [-0.3, -0.25) is 9.59 Å². The molecule has 1 aliphatic heterocycles. The summed E-state index contributed by atoms with van der Waals surface area (Å²) < 4.78 is 0. The molecule has 154 valence electrons. The van der Waals surface area contributed by atoms with Gasteiger partial charge in [0.1, 0.15) is 0 Å². The molecule has 2 amide bonds. The third-order valence-corrected chi connectivity index (χ3v) is 6.41. The Bertz CT molecular complexity index is 1090. The van der Waals surface area contributed by atoms with Gasteiger partial charge >= 0.3 is 0 Å². The van der Waals surface area contributed by atoms with E-state index in [1.54, 1.807) is 6.33 Å². The molecule has 0 unspecified atom stereocenters. The summed E-state index contributed by atoms with van der Waals surface area (Å²) in [5, 5.41) is 0. The van der Waals surface area contributed by atoms with Crippen molar-refractivity contribution in [3.63, 3.8) is 0 Å². The normalized spacial score (nSPS) is 18.3. The van der Waals surface area contributed by atoms with Gasteiger partial charge in [0, 0.05) is 31.7 Å². The highest BCUT2D eigenvalue weighted by molar-refractivity contribution is 5.95. The number of aromatic nitrogens is 2. The number of imidazole rings is 1. The molecule has 1 aliphatic carbocycles. The number of nitrogens with two attached hydrogens (primary N) is 1. The second-order valence-corrected chi connectivity index (χ2v) is 8.31. The molecule has 2 aromatic carbocycles. The van der Waals surface area contributed by atoms with Crippen molar-refractivity contribution in [3.8, 4) is 11.1 Å². The number of H-pyrrole nitrogens is 1. The first kappa shape index (κ1) is 18.8. The van der Waals surface area contributed by atoms with Crippen LogP contribution in [0.2, 0.25) is 0 Å². The van der Waals surface area contributed by atoms with Crippen LogP contribution in [0.25, 0.3) is 22.2 Å². The maximum atomic E-state index is 12.9. The Kier molecular flexibility index (Phi) is 4.55. The number of nitrogens with zero attached hydrogens (tertiary/aromatic N) is 3. The van der Waals surface area contributed by atoms with E-state index in [1.165, 1.54) is 0 Å². The number of hydrogen-bond acceptors (Lipinski definition) is 4. The Balaban J connectivity index is 1.24. The van der Waals surface area contributed by atoms with Crippen LogP contribution in [0, 0.1) is 0 Å². The van der Waals surface area contributed by atoms with E-state index in [4.69, 9.17) is 5.73 Å². The second kappa shape index (κ2) is 7.25. The van der Waals surface area contributed by atoms with Crippen molar-refractivity contribution in [2.45, 2.75) is 24.8 Å². The zero-order valence-electron chi connectivity index (χ0n) is 16.8. The molecule has 30 heavy (non-hydrogen) atoms. The first-order valence-corrected chi connectivity index (χ1v) is 10.4. The van der Waals surface area contributed by atoms with Crippen LogP contribution in [0.5, 0.6) is 0 Å². The number of carbonyl (C=O) groups is 2. The van der Waals surface area contributed by atoms with Crippen LogP contribution >= 0.6 is 0 Å². The number of rotatable bonds is 3. The second-order valence-electron chi connectivity index (χ2n) is 8.31. The SMILES string of the molecule is NC1(C(=O)N2CCN(C(=O)c3ccc(-c4ccc5[nH]cnc5c4)cc3)CC2)CCC1. The van der Waals surface area contributed by atoms with Gasteiger partial charge in [-0.05, 0) is 54.7 Å². The highest BCUT2D eigenvalue weighted by Gasteiger charge is 2.43. The van der Waals surface area contributed by atoms with Gasteiger partial charge in [-0.25, -0.2) is 4.98 Å². The maximum absolute atomic E-state index is 12.9. The minimum atomic E-state index is -0.666. The number of fused-ring (bicyclic) bond motifs is 1. The number of hydrogen-bond donors (Lipinski definition) is 2. The number of carbonyl (C=O) groups excluding carboxylic acids is 2. The van der Waals surface area contributed by atoms with Crippen molar-refractivity contribution in [2.24, 2.45) is 5.73 Å². The molecule has 0 radical (unpaired) electrons. The first-order valence-electron chi connectivity index (χ1n) is 10.4. The van der Waals surface area contributed by atoms with E-state index in [-0.39, 0.29) is 11.8 Å². The van der Waals surface area contributed by atoms with Crippen LogP contribution in [0.4, 0.5) is 0 Å². The highest BCUT2D eigenvalue weighted by atomic mass is 16.2. The smallest absolute Gasteiger partial charge is 0.253 e. The van der Waals surface area contributed by atoms with E-state index in [0.29, 0.717) is 31.7 Å². The lowest BCUT2D eigenvalue weighted by Crippen LogP contribution is -2.62. The number of nitrogens with one attached hydrogen (secondary N) is 1. The zero-order chi connectivity index (χ0) is 20.7. The van der Waals surface area contributed by atoms with Gasteiger partial charge in [0.2, 0.25) is 5.91 Å². The number of benzene rings is 2. The fourth-order valence-electron chi connectivity index (χ4n) is 4.30.